The maximum atomic E-state index is 10.7. The molecule has 0 saturated heterocycles. The molecule has 0 aliphatic carbocycles. The summed E-state index contributed by atoms with van der Waals surface area (Å²) in [5.41, 5.74) is 7.14. The number of fused-ring (bicyclic) bond motifs is 1. The number of hydrogen-bond acceptors (Lipinski definition) is 3. The fourth-order valence-corrected chi connectivity index (χ4v) is 1.61. The molecule has 14 heavy (non-hydrogen) atoms. The SMILES string of the molecule is Nc1cccc2c1OCC(C(=O)O)C2. The predicted molar refractivity (Wildman–Crippen MR) is 51.2 cm³/mol. The van der Waals surface area contributed by atoms with Gasteiger partial charge in [0.1, 0.15) is 12.4 Å². The smallest absolute Gasteiger partial charge is 0.310 e. The molecule has 0 fully saturated rings. The Hall–Kier alpha value is -1.71. The van der Waals surface area contributed by atoms with E-state index >= 15 is 0 Å². The van der Waals surface area contributed by atoms with Crippen molar-refractivity contribution in [1.82, 2.24) is 0 Å². The average Bonchev–Trinajstić information content (AvgIpc) is 2.17. The molecule has 1 aromatic carbocycles. The number of rotatable bonds is 1. The lowest BCUT2D eigenvalue weighted by molar-refractivity contribution is -0.143. The van der Waals surface area contributed by atoms with Gasteiger partial charge in [0.05, 0.1) is 11.6 Å². The minimum absolute atomic E-state index is 0.205. The van der Waals surface area contributed by atoms with E-state index in [0.717, 1.165) is 5.56 Å². The molecule has 0 spiro atoms. The summed E-state index contributed by atoms with van der Waals surface area (Å²) in [6.07, 6.45) is 0.496. The molecule has 0 bridgehead atoms. The first-order chi connectivity index (χ1) is 6.68. The maximum Gasteiger partial charge on any atom is 0.310 e. The zero-order valence-corrected chi connectivity index (χ0v) is 7.56. The molecule has 2 rings (SSSR count). The van der Waals surface area contributed by atoms with Crippen molar-refractivity contribution in [3.63, 3.8) is 0 Å². The van der Waals surface area contributed by atoms with Crippen LogP contribution in [0, 0.1) is 5.92 Å². The van der Waals surface area contributed by atoms with Gasteiger partial charge in [0.15, 0.2) is 0 Å². The Morgan fingerprint density at radius 3 is 3.07 bits per heavy atom. The second-order valence-corrected chi connectivity index (χ2v) is 3.39. The third-order valence-electron chi connectivity index (χ3n) is 2.37. The van der Waals surface area contributed by atoms with E-state index in [9.17, 15) is 4.79 Å². The van der Waals surface area contributed by atoms with Gasteiger partial charge in [-0.1, -0.05) is 12.1 Å². The Morgan fingerprint density at radius 2 is 2.36 bits per heavy atom. The lowest BCUT2D eigenvalue weighted by Crippen LogP contribution is -2.28. The van der Waals surface area contributed by atoms with E-state index in [1.54, 1.807) is 6.07 Å². The highest BCUT2D eigenvalue weighted by molar-refractivity contribution is 5.72. The van der Waals surface area contributed by atoms with Crippen LogP contribution in [0.3, 0.4) is 0 Å². The van der Waals surface area contributed by atoms with E-state index in [4.69, 9.17) is 15.6 Å². The van der Waals surface area contributed by atoms with Crippen molar-refractivity contribution in [2.24, 2.45) is 5.92 Å². The fourth-order valence-electron chi connectivity index (χ4n) is 1.61. The van der Waals surface area contributed by atoms with Crippen molar-refractivity contribution in [1.29, 1.82) is 0 Å². The van der Waals surface area contributed by atoms with Gasteiger partial charge in [0, 0.05) is 0 Å². The Bertz CT molecular complexity index is 376. The van der Waals surface area contributed by atoms with Gasteiger partial charge in [-0.25, -0.2) is 0 Å². The topological polar surface area (TPSA) is 72.5 Å². The van der Waals surface area contributed by atoms with Crippen LogP contribution in [0.4, 0.5) is 5.69 Å². The number of ether oxygens (including phenoxy) is 1. The first-order valence-electron chi connectivity index (χ1n) is 4.41. The minimum Gasteiger partial charge on any atom is -0.490 e. The predicted octanol–water partition coefficient (Wildman–Crippen LogP) is 0.905. The Kier molecular flexibility index (Phi) is 2.04. The molecule has 4 heteroatoms. The van der Waals surface area contributed by atoms with Crippen molar-refractivity contribution >= 4 is 11.7 Å². The van der Waals surface area contributed by atoms with Crippen molar-refractivity contribution in [3.8, 4) is 5.75 Å². The highest BCUT2D eigenvalue weighted by atomic mass is 16.5. The number of aliphatic carboxylic acids is 1. The molecule has 1 unspecified atom stereocenters. The lowest BCUT2D eigenvalue weighted by Gasteiger charge is -2.23. The van der Waals surface area contributed by atoms with Crippen molar-refractivity contribution in [2.75, 3.05) is 12.3 Å². The largest absolute Gasteiger partial charge is 0.490 e. The van der Waals surface area contributed by atoms with Gasteiger partial charge < -0.3 is 15.6 Å². The summed E-state index contributed by atoms with van der Waals surface area (Å²) in [6, 6.07) is 5.41. The van der Waals surface area contributed by atoms with E-state index in [1.807, 2.05) is 12.1 Å². The first-order valence-corrected chi connectivity index (χ1v) is 4.41. The van der Waals surface area contributed by atoms with Crippen LogP contribution in [-0.4, -0.2) is 17.7 Å². The number of nitrogen functional groups attached to an aromatic ring is 1. The number of carboxylic acid groups (broad SMARTS) is 1. The van der Waals surface area contributed by atoms with E-state index in [1.165, 1.54) is 0 Å². The summed E-state index contributed by atoms with van der Waals surface area (Å²) in [4.78, 5) is 10.7. The lowest BCUT2D eigenvalue weighted by atomic mass is 9.96. The molecule has 1 aliphatic heterocycles. The quantitative estimate of drug-likeness (QED) is 0.650. The van der Waals surface area contributed by atoms with Gasteiger partial charge in [-0.2, -0.15) is 0 Å². The monoisotopic (exact) mass is 193 g/mol. The highest BCUT2D eigenvalue weighted by Gasteiger charge is 2.26. The molecule has 74 valence electrons. The van der Waals surface area contributed by atoms with Gasteiger partial charge in [0.25, 0.3) is 0 Å². The normalized spacial score (nSPS) is 19.6. The molecule has 0 radical (unpaired) electrons. The summed E-state index contributed by atoms with van der Waals surface area (Å²) in [6.45, 7) is 0.205. The second kappa shape index (κ2) is 3.21. The molecule has 0 aromatic heterocycles. The number of anilines is 1. The van der Waals surface area contributed by atoms with E-state index in [0.29, 0.717) is 17.9 Å². The summed E-state index contributed by atoms with van der Waals surface area (Å²) >= 11 is 0. The third-order valence-corrected chi connectivity index (χ3v) is 2.37. The molecule has 1 aliphatic rings. The Balaban J connectivity index is 2.31. The average molecular weight is 193 g/mol. The zero-order chi connectivity index (χ0) is 10.1. The van der Waals surface area contributed by atoms with Crippen LogP contribution < -0.4 is 10.5 Å². The number of carbonyl (C=O) groups is 1. The van der Waals surface area contributed by atoms with E-state index in [-0.39, 0.29) is 6.61 Å². The number of hydrogen-bond donors (Lipinski definition) is 2. The van der Waals surface area contributed by atoms with Crippen LogP contribution in [0.1, 0.15) is 5.56 Å². The molecule has 3 N–H and O–H groups in total. The molecule has 1 heterocycles. The minimum atomic E-state index is -0.821. The van der Waals surface area contributed by atoms with Crippen LogP contribution in [0.15, 0.2) is 18.2 Å². The molecule has 1 atom stereocenters. The summed E-state index contributed by atoms with van der Waals surface area (Å²) in [5, 5.41) is 8.82. The molecule has 4 nitrogen and oxygen atoms in total. The van der Waals surface area contributed by atoms with Crippen LogP contribution in [0.5, 0.6) is 5.75 Å². The number of nitrogens with two attached hydrogens (primary N) is 1. The molecule has 0 saturated carbocycles. The fraction of sp³-hybridized carbons (Fsp3) is 0.300. The summed E-state index contributed by atoms with van der Waals surface area (Å²) in [7, 11) is 0. The van der Waals surface area contributed by atoms with E-state index in [2.05, 4.69) is 0 Å². The third kappa shape index (κ3) is 1.39. The van der Waals surface area contributed by atoms with E-state index < -0.39 is 11.9 Å². The second-order valence-electron chi connectivity index (χ2n) is 3.39. The number of para-hydroxylation sites is 1. The standard InChI is InChI=1S/C10H11NO3/c11-8-3-1-2-6-4-7(10(12)13)5-14-9(6)8/h1-3,7H,4-5,11H2,(H,12,13). The van der Waals surface area contributed by atoms with Gasteiger partial charge in [-0.3, -0.25) is 4.79 Å². The first kappa shape index (κ1) is 8.87. The maximum absolute atomic E-state index is 10.7. The van der Waals surface area contributed by atoms with Gasteiger partial charge in [-0.15, -0.1) is 0 Å². The van der Waals surface area contributed by atoms with Gasteiger partial charge >= 0.3 is 5.97 Å². The summed E-state index contributed by atoms with van der Waals surface area (Å²) in [5.74, 6) is -0.632. The molecular weight excluding hydrogens is 182 g/mol. The highest BCUT2D eigenvalue weighted by Crippen LogP contribution is 2.32. The molecule has 0 amide bonds. The van der Waals surface area contributed by atoms with Gasteiger partial charge in [-0.05, 0) is 18.1 Å². The van der Waals surface area contributed by atoms with Crippen LogP contribution >= 0.6 is 0 Å². The van der Waals surface area contributed by atoms with Crippen molar-refractivity contribution in [2.45, 2.75) is 6.42 Å². The van der Waals surface area contributed by atoms with Crippen LogP contribution in [0.25, 0.3) is 0 Å². The Labute approximate surface area is 81.3 Å². The summed E-state index contributed by atoms with van der Waals surface area (Å²) < 4.78 is 5.32. The molecule has 1 aromatic rings. The molecular formula is C10H11NO3. The van der Waals surface area contributed by atoms with Crippen molar-refractivity contribution in [3.05, 3.63) is 23.8 Å². The van der Waals surface area contributed by atoms with Crippen molar-refractivity contribution < 1.29 is 14.6 Å². The van der Waals surface area contributed by atoms with Crippen LogP contribution in [-0.2, 0) is 11.2 Å². The number of carboxylic acids is 1. The van der Waals surface area contributed by atoms with Crippen LogP contribution in [0.2, 0.25) is 0 Å². The Morgan fingerprint density at radius 1 is 1.57 bits per heavy atom. The number of benzene rings is 1. The zero-order valence-electron chi connectivity index (χ0n) is 7.56. The van der Waals surface area contributed by atoms with Gasteiger partial charge in [0.2, 0.25) is 0 Å².